The molecule has 2 heterocycles. The second-order valence-corrected chi connectivity index (χ2v) is 6.57. The Hall–Kier alpha value is -1.30. The molecule has 0 bridgehead atoms. The standard InChI is InChI=1S/C17H22ClN3O2.ClH/c18-14-5-1-4-13(12-14)16(22)20-8-3-9-21(11-10-20)17(23)15-6-2-7-19-15;/h1,4-5,12,15,19H,2-3,6-11H2;1H. The van der Waals surface area contributed by atoms with Gasteiger partial charge in [-0.3, -0.25) is 9.59 Å². The molecule has 1 N–H and O–H groups in total. The molecular weight excluding hydrogens is 349 g/mol. The van der Waals surface area contributed by atoms with E-state index in [1.807, 2.05) is 9.80 Å². The number of rotatable bonds is 2. The third-order valence-corrected chi connectivity index (χ3v) is 4.76. The molecule has 2 aliphatic heterocycles. The summed E-state index contributed by atoms with van der Waals surface area (Å²) in [6, 6.07) is 6.99. The molecule has 132 valence electrons. The molecule has 0 saturated carbocycles. The van der Waals surface area contributed by atoms with Crippen LogP contribution in [0.2, 0.25) is 5.02 Å². The highest BCUT2D eigenvalue weighted by Gasteiger charge is 2.29. The topological polar surface area (TPSA) is 52.7 Å². The van der Waals surface area contributed by atoms with E-state index in [0.29, 0.717) is 30.2 Å². The lowest BCUT2D eigenvalue weighted by molar-refractivity contribution is -0.132. The Balaban J connectivity index is 0.00000208. The van der Waals surface area contributed by atoms with Crippen molar-refractivity contribution >= 4 is 35.8 Å². The summed E-state index contributed by atoms with van der Waals surface area (Å²) in [4.78, 5) is 28.8. The average molecular weight is 372 g/mol. The predicted octanol–water partition coefficient (Wildman–Crippen LogP) is 2.19. The summed E-state index contributed by atoms with van der Waals surface area (Å²) < 4.78 is 0. The Bertz CT molecular complexity index is 591. The van der Waals surface area contributed by atoms with Crippen molar-refractivity contribution in [3.05, 3.63) is 34.9 Å². The zero-order chi connectivity index (χ0) is 16.2. The minimum atomic E-state index is -0.0369. The maximum atomic E-state index is 12.6. The zero-order valence-corrected chi connectivity index (χ0v) is 15.1. The average Bonchev–Trinajstić information content (AvgIpc) is 2.98. The second kappa shape index (κ2) is 8.70. The summed E-state index contributed by atoms with van der Waals surface area (Å²) in [6.45, 7) is 3.49. The van der Waals surface area contributed by atoms with Crippen LogP contribution in [0.5, 0.6) is 0 Å². The fourth-order valence-electron chi connectivity index (χ4n) is 3.26. The summed E-state index contributed by atoms with van der Waals surface area (Å²) >= 11 is 5.97. The summed E-state index contributed by atoms with van der Waals surface area (Å²) in [5, 5.41) is 3.82. The number of carbonyl (C=O) groups is 2. The fourth-order valence-corrected chi connectivity index (χ4v) is 3.45. The van der Waals surface area contributed by atoms with Gasteiger partial charge in [0.05, 0.1) is 6.04 Å². The lowest BCUT2D eigenvalue weighted by Gasteiger charge is -2.24. The van der Waals surface area contributed by atoms with Crippen LogP contribution in [0.15, 0.2) is 24.3 Å². The Morgan fingerprint density at radius 2 is 1.83 bits per heavy atom. The molecule has 3 rings (SSSR count). The minimum Gasteiger partial charge on any atom is -0.340 e. The van der Waals surface area contributed by atoms with Gasteiger partial charge in [-0.2, -0.15) is 0 Å². The van der Waals surface area contributed by atoms with E-state index >= 15 is 0 Å². The van der Waals surface area contributed by atoms with Crippen LogP contribution >= 0.6 is 24.0 Å². The predicted molar refractivity (Wildman–Crippen MR) is 96.8 cm³/mol. The highest BCUT2D eigenvalue weighted by Crippen LogP contribution is 2.15. The molecule has 2 fully saturated rings. The molecule has 2 aliphatic rings. The molecule has 0 radical (unpaired) electrons. The molecule has 1 aromatic rings. The first-order valence-electron chi connectivity index (χ1n) is 8.22. The number of nitrogens with zero attached hydrogens (tertiary/aromatic N) is 2. The zero-order valence-electron chi connectivity index (χ0n) is 13.5. The molecular formula is C17H23Cl2N3O2. The molecule has 2 amide bonds. The lowest BCUT2D eigenvalue weighted by Crippen LogP contribution is -2.45. The van der Waals surface area contributed by atoms with Crippen molar-refractivity contribution in [3.8, 4) is 0 Å². The first-order chi connectivity index (χ1) is 11.1. The molecule has 1 aromatic carbocycles. The SMILES string of the molecule is Cl.O=C(c1cccc(Cl)c1)N1CCCN(C(=O)C2CCCN2)CC1. The first-order valence-corrected chi connectivity index (χ1v) is 8.60. The molecule has 2 saturated heterocycles. The number of hydrogen-bond acceptors (Lipinski definition) is 3. The smallest absolute Gasteiger partial charge is 0.253 e. The lowest BCUT2D eigenvalue weighted by atomic mass is 10.2. The Labute approximate surface area is 153 Å². The van der Waals surface area contributed by atoms with Gasteiger partial charge in [0.2, 0.25) is 5.91 Å². The number of hydrogen-bond donors (Lipinski definition) is 1. The largest absolute Gasteiger partial charge is 0.340 e. The van der Waals surface area contributed by atoms with E-state index in [4.69, 9.17) is 11.6 Å². The van der Waals surface area contributed by atoms with Crippen molar-refractivity contribution in [1.82, 2.24) is 15.1 Å². The highest BCUT2D eigenvalue weighted by atomic mass is 35.5. The maximum absolute atomic E-state index is 12.6. The number of halogens is 2. The van der Waals surface area contributed by atoms with Crippen LogP contribution < -0.4 is 5.32 Å². The van der Waals surface area contributed by atoms with Gasteiger partial charge in [0.1, 0.15) is 0 Å². The van der Waals surface area contributed by atoms with Gasteiger partial charge in [0, 0.05) is 36.8 Å². The van der Waals surface area contributed by atoms with Gasteiger partial charge in [-0.25, -0.2) is 0 Å². The van der Waals surface area contributed by atoms with Crippen molar-refractivity contribution in [2.24, 2.45) is 0 Å². The van der Waals surface area contributed by atoms with Crippen molar-refractivity contribution in [1.29, 1.82) is 0 Å². The molecule has 5 nitrogen and oxygen atoms in total. The summed E-state index contributed by atoms with van der Waals surface area (Å²) in [6.07, 6.45) is 2.79. The first kappa shape index (κ1) is 19.0. The summed E-state index contributed by atoms with van der Waals surface area (Å²) in [5.74, 6) is 0.167. The summed E-state index contributed by atoms with van der Waals surface area (Å²) in [7, 11) is 0. The minimum absolute atomic E-state index is 0. The Morgan fingerprint density at radius 3 is 2.54 bits per heavy atom. The van der Waals surface area contributed by atoms with E-state index in [0.717, 1.165) is 32.4 Å². The molecule has 0 aromatic heterocycles. The molecule has 0 spiro atoms. The van der Waals surface area contributed by atoms with Crippen molar-refractivity contribution in [2.75, 3.05) is 32.7 Å². The van der Waals surface area contributed by atoms with Gasteiger partial charge in [-0.1, -0.05) is 17.7 Å². The molecule has 7 heteroatoms. The third-order valence-electron chi connectivity index (χ3n) is 4.52. The van der Waals surface area contributed by atoms with Gasteiger partial charge >= 0.3 is 0 Å². The Morgan fingerprint density at radius 1 is 1.08 bits per heavy atom. The molecule has 24 heavy (non-hydrogen) atoms. The van der Waals surface area contributed by atoms with Crippen LogP contribution in [0.4, 0.5) is 0 Å². The van der Waals surface area contributed by atoms with E-state index in [1.165, 1.54) is 0 Å². The fraction of sp³-hybridized carbons (Fsp3) is 0.529. The van der Waals surface area contributed by atoms with Gasteiger partial charge < -0.3 is 15.1 Å². The van der Waals surface area contributed by atoms with Crippen LogP contribution in [-0.4, -0.2) is 60.4 Å². The number of benzene rings is 1. The quantitative estimate of drug-likeness (QED) is 0.866. The van der Waals surface area contributed by atoms with E-state index in [-0.39, 0.29) is 30.3 Å². The number of amides is 2. The van der Waals surface area contributed by atoms with Gasteiger partial charge in [0.15, 0.2) is 0 Å². The van der Waals surface area contributed by atoms with Crippen LogP contribution in [0.25, 0.3) is 0 Å². The van der Waals surface area contributed by atoms with E-state index in [9.17, 15) is 9.59 Å². The van der Waals surface area contributed by atoms with E-state index < -0.39 is 0 Å². The van der Waals surface area contributed by atoms with E-state index in [2.05, 4.69) is 5.32 Å². The van der Waals surface area contributed by atoms with Gasteiger partial charge in [0.25, 0.3) is 5.91 Å². The molecule has 1 atom stereocenters. The second-order valence-electron chi connectivity index (χ2n) is 6.13. The van der Waals surface area contributed by atoms with Crippen LogP contribution in [0.3, 0.4) is 0 Å². The van der Waals surface area contributed by atoms with E-state index in [1.54, 1.807) is 24.3 Å². The monoisotopic (exact) mass is 371 g/mol. The van der Waals surface area contributed by atoms with Crippen LogP contribution in [-0.2, 0) is 4.79 Å². The number of carbonyl (C=O) groups excluding carboxylic acids is 2. The molecule has 0 aliphatic carbocycles. The maximum Gasteiger partial charge on any atom is 0.253 e. The van der Waals surface area contributed by atoms with Crippen molar-refractivity contribution in [3.63, 3.8) is 0 Å². The van der Waals surface area contributed by atoms with Crippen molar-refractivity contribution in [2.45, 2.75) is 25.3 Å². The Kier molecular flexibility index (Phi) is 6.90. The van der Waals surface area contributed by atoms with Crippen molar-refractivity contribution < 1.29 is 9.59 Å². The van der Waals surface area contributed by atoms with Gasteiger partial charge in [-0.15, -0.1) is 12.4 Å². The molecule has 1 unspecified atom stereocenters. The highest BCUT2D eigenvalue weighted by molar-refractivity contribution is 6.30. The normalized spacial score (nSPS) is 21.1. The number of nitrogens with one attached hydrogen (secondary N) is 1. The third kappa shape index (κ3) is 4.41. The summed E-state index contributed by atoms with van der Waals surface area (Å²) in [5.41, 5.74) is 0.606. The van der Waals surface area contributed by atoms with Crippen LogP contribution in [0, 0.1) is 0 Å². The van der Waals surface area contributed by atoms with Gasteiger partial charge in [-0.05, 0) is 44.0 Å². The van der Waals surface area contributed by atoms with Crippen LogP contribution in [0.1, 0.15) is 29.6 Å².